The molecular weight excluding hydrogens is 430 g/mol. The number of carbonyl (C=O) groups excluding carboxylic acids is 1. The standard InChI is InChI=1S/C26H27N5O3/c1-26(2)14-11-24(33)31(26)19-9-10-21(23(17-19)34-3)30-16-13-22(32)25(29-30)20(12-15-27)28-18-7-5-4-6-8-18/h4-10,12-13,15-17H,11,14,27H2,1-3H3. The monoisotopic (exact) mass is 457 g/mol. The number of methoxy groups -OCH3 is 1. The minimum absolute atomic E-state index is 0.0823. The first kappa shape index (κ1) is 23.0. The van der Waals surface area contributed by atoms with E-state index in [0.717, 1.165) is 12.1 Å². The Morgan fingerprint density at radius 1 is 1.15 bits per heavy atom. The molecular formula is C26H27N5O3. The molecule has 0 radical (unpaired) electrons. The van der Waals surface area contributed by atoms with Gasteiger partial charge in [0, 0.05) is 36.0 Å². The molecule has 0 atom stereocenters. The fraction of sp³-hybridized carbons (Fsp3) is 0.231. The van der Waals surface area contributed by atoms with Crippen LogP contribution in [0, 0.1) is 0 Å². The maximum absolute atomic E-state index is 12.7. The van der Waals surface area contributed by atoms with E-state index < -0.39 is 0 Å². The van der Waals surface area contributed by atoms with E-state index in [4.69, 9.17) is 10.5 Å². The normalized spacial score (nSPS) is 15.8. The number of nitrogens with zero attached hydrogens (tertiary/aromatic N) is 4. The van der Waals surface area contributed by atoms with Gasteiger partial charge in [-0.15, -0.1) is 0 Å². The third kappa shape index (κ3) is 4.47. The van der Waals surface area contributed by atoms with Crippen molar-refractivity contribution in [1.29, 1.82) is 0 Å². The molecule has 1 fully saturated rings. The summed E-state index contributed by atoms with van der Waals surface area (Å²) in [7, 11) is 1.56. The number of amides is 1. The van der Waals surface area contributed by atoms with Gasteiger partial charge < -0.3 is 15.4 Å². The van der Waals surface area contributed by atoms with Crippen LogP contribution in [-0.2, 0) is 4.79 Å². The van der Waals surface area contributed by atoms with E-state index in [1.807, 2.05) is 62.4 Å². The number of aliphatic imine (C=N–C) groups is 1. The van der Waals surface area contributed by atoms with Crippen molar-refractivity contribution in [1.82, 2.24) is 9.78 Å². The molecule has 1 aliphatic rings. The molecule has 1 aromatic heterocycles. The molecule has 0 saturated carbocycles. The van der Waals surface area contributed by atoms with Crippen LogP contribution in [0.5, 0.6) is 5.75 Å². The van der Waals surface area contributed by atoms with Crippen molar-refractivity contribution in [3.8, 4) is 11.4 Å². The average Bonchev–Trinajstić information content (AvgIpc) is 3.11. The smallest absolute Gasteiger partial charge is 0.227 e. The highest BCUT2D eigenvalue weighted by molar-refractivity contribution is 6.08. The van der Waals surface area contributed by atoms with Gasteiger partial charge >= 0.3 is 0 Å². The van der Waals surface area contributed by atoms with Crippen molar-refractivity contribution < 1.29 is 9.53 Å². The first-order valence-electron chi connectivity index (χ1n) is 11.0. The second-order valence-electron chi connectivity index (χ2n) is 8.56. The molecule has 3 aromatic rings. The van der Waals surface area contributed by atoms with Crippen molar-refractivity contribution in [2.24, 2.45) is 10.7 Å². The van der Waals surface area contributed by atoms with Crippen molar-refractivity contribution in [2.75, 3.05) is 12.0 Å². The predicted molar refractivity (Wildman–Crippen MR) is 133 cm³/mol. The Kier molecular flexibility index (Phi) is 6.32. The van der Waals surface area contributed by atoms with Gasteiger partial charge in [0.05, 0.1) is 18.5 Å². The Hall–Kier alpha value is -4.20. The molecule has 0 bridgehead atoms. The number of ether oxygens (including phenoxy) is 1. The lowest BCUT2D eigenvalue weighted by atomic mass is 10.0. The van der Waals surface area contributed by atoms with Crippen LogP contribution in [0.4, 0.5) is 11.4 Å². The highest BCUT2D eigenvalue weighted by Crippen LogP contribution is 2.37. The van der Waals surface area contributed by atoms with Gasteiger partial charge in [-0.1, -0.05) is 18.2 Å². The number of rotatable bonds is 6. The quantitative estimate of drug-likeness (QED) is 0.568. The second kappa shape index (κ2) is 9.35. The molecule has 1 amide bonds. The van der Waals surface area contributed by atoms with Crippen LogP contribution in [0.1, 0.15) is 32.4 Å². The van der Waals surface area contributed by atoms with Gasteiger partial charge in [-0.05, 0) is 56.8 Å². The molecule has 2 N–H and O–H groups in total. The summed E-state index contributed by atoms with van der Waals surface area (Å²) in [6, 6.07) is 16.2. The molecule has 1 aliphatic heterocycles. The summed E-state index contributed by atoms with van der Waals surface area (Å²) in [6.07, 6.45) is 5.74. The Labute approximate surface area is 198 Å². The molecule has 0 unspecified atom stereocenters. The lowest BCUT2D eigenvalue weighted by Crippen LogP contribution is -2.40. The number of nitrogens with two attached hydrogens (primary N) is 1. The molecule has 8 heteroatoms. The SMILES string of the molecule is COc1cc(N2C(=O)CCC2(C)C)ccc1-n1ccc(=O)c(C(C=CN)=Nc2ccccc2)n1. The molecule has 0 aliphatic carbocycles. The minimum atomic E-state index is -0.288. The zero-order chi connectivity index (χ0) is 24.3. The van der Waals surface area contributed by atoms with Gasteiger partial charge in [0.1, 0.15) is 11.4 Å². The average molecular weight is 458 g/mol. The number of hydrogen-bond acceptors (Lipinski definition) is 6. The van der Waals surface area contributed by atoms with Crippen LogP contribution >= 0.6 is 0 Å². The van der Waals surface area contributed by atoms with Crippen molar-refractivity contribution in [3.63, 3.8) is 0 Å². The van der Waals surface area contributed by atoms with Crippen molar-refractivity contribution in [2.45, 2.75) is 32.2 Å². The highest BCUT2D eigenvalue weighted by atomic mass is 16.5. The Morgan fingerprint density at radius 3 is 2.56 bits per heavy atom. The predicted octanol–water partition coefficient (Wildman–Crippen LogP) is 3.74. The molecule has 2 aromatic carbocycles. The molecule has 34 heavy (non-hydrogen) atoms. The van der Waals surface area contributed by atoms with E-state index in [9.17, 15) is 9.59 Å². The van der Waals surface area contributed by atoms with Gasteiger partial charge in [-0.3, -0.25) is 9.59 Å². The summed E-state index contributed by atoms with van der Waals surface area (Å²) in [4.78, 5) is 31.6. The van der Waals surface area contributed by atoms with E-state index in [2.05, 4.69) is 10.1 Å². The molecule has 2 heterocycles. The van der Waals surface area contributed by atoms with Crippen LogP contribution in [0.2, 0.25) is 0 Å². The maximum Gasteiger partial charge on any atom is 0.227 e. The Morgan fingerprint density at radius 2 is 1.91 bits per heavy atom. The fourth-order valence-electron chi connectivity index (χ4n) is 4.08. The van der Waals surface area contributed by atoms with Gasteiger partial charge in [-0.2, -0.15) is 5.10 Å². The van der Waals surface area contributed by atoms with E-state index >= 15 is 0 Å². The summed E-state index contributed by atoms with van der Waals surface area (Å²) in [5.41, 5.74) is 7.60. The van der Waals surface area contributed by atoms with Gasteiger partial charge in [0.15, 0.2) is 5.69 Å². The first-order chi connectivity index (χ1) is 16.3. The number of aromatic nitrogens is 2. The number of anilines is 1. The Bertz CT molecular complexity index is 1330. The van der Waals surface area contributed by atoms with Gasteiger partial charge in [-0.25, -0.2) is 9.67 Å². The second-order valence-corrected chi connectivity index (χ2v) is 8.56. The number of benzene rings is 2. The topological polar surface area (TPSA) is 103 Å². The number of carbonyl (C=O) groups is 1. The third-order valence-electron chi connectivity index (χ3n) is 5.78. The van der Waals surface area contributed by atoms with Gasteiger partial charge in [0.25, 0.3) is 0 Å². The summed E-state index contributed by atoms with van der Waals surface area (Å²) >= 11 is 0. The molecule has 174 valence electrons. The number of hydrogen-bond donors (Lipinski definition) is 1. The summed E-state index contributed by atoms with van der Waals surface area (Å²) in [5, 5.41) is 4.54. The fourth-order valence-corrected chi connectivity index (χ4v) is 4.08. The lowest BCUT2D eigenvalue weighted by molar-refractivity contribution is -0.117. The maximum atomic E-state index is 12.7. The Balaban J connectivity index is 1.79. The van der Waals surface area contributed by atoms with Crippen LogP contribution in [-0.4, -0.2) is 34.0 Å². The third-order valence-corrected chi connectivity index (χ3v) is 5.78. The van der Waals surface area contributed by atoms with Crippen molar-refractivity contribution in [3.05, 3.63) is 89.0 Å². The van der Waals surface area contributed by atoms with Crippen molar-refractivity contribution >= 4 is 23.0 Å². The lowest BCUT2D eigenvalue weighted by Gasteiger charge is -2.32. The van der Waals surface area contributed by atoms with Crippen LogP contribution < -0.4 is 20.8 Å². The van der Waals surface area contributed by atoms with E-state index in [-0.39, 0.29) is 22.6 Å². The molecule has 0 spiro atoms. The number of allylic oxidation sites excluding steroid dienone is 1. The minimum Gasteiger partial charge on any atom is -0.494 e. The zero-order valence-electron chi connectivity index (χ0n) is 19.4. The zero-order valence-corrected chi connectivity index (χ0v) is 19.4. The summed E-state index contributed by atoms with van der Waals surface area (Å²) in [5.74, 6) is 0.602. The largest absolute Gasteiger partial charge is 0.494 e. The molecule has 4 rings (SSSR count). The van der Waals surface area contributed by atoms with E-state index in [1.165, 1.54) is 12.3 Å². The highest BCUT2D eigenvalue weighted by Gasteiger charge is 2.38. The molecule has 1 saturated heterocycles. The summed E-state index contributed by atoms with van der Waals surface area (Å²) in [6.45, 7) is 4.10. The van der Waals surface area contributed by atoms with Crippen LogP contribution in [0.3, 0.4) is 0 Å². The number of para-hydroxylation sites is 1. The first-order valence-corrected chi connectivity index (χ1v) is 11.0. The van der Waals surface area contributed by atoms with E-state index in [1.54, 1.807) is 29.0 Å². The van der Waals surface area contributed by atoms with Crippen LogP contribution in [0.25, 0.3) is 5.69 Å². The van der Waals surface area contributed by atoms with Gasteiger partial charge in [0.2, 0.25) is 11.3 Å². The summed E-state index contributed by atoms with van der Waals surface area (Å²) < 4.78 is 7.19. The van der Waals surface area contributed by atoms with Crippen LogP contribution in [0.15, 0.2) is 82.9 Å². The molecule has 8 nitrogen and oxygen atoms in total. The van der Waals surface area contributed by atoms with E-state index in [0.29, 0.717) is 29.3 Å².